The molecule has 3 rings (SSSR count). The molecule has 146 valence electrons. The quantitative estimate of drug-likeness (QED) is 0.527. The fraction of sp³-hybridized carbons (Fsp3) is 0.261. The molecule has 5 heteroatoms. The number of nitrogens with one attached hydrogen (secondary N) is 1. The fourth-order valence-electron chi connectivity index (χ4n) is 3.20. The van der Waals surface area contributed by atoms with E-state index in [9.17, 15) is 4.79 Å². The Morgan fingerprint density at radius 1 is 1.11 bits per heavy atom. The maximum absolute atomic E-state index is 12.9. The molecule has 1 heterocycles. The molecule has 0 saturated heterocycles. The van der Waals surface area contributed by atoms with Crippen LogP contribution in [0.1, 0.15) is 30.2 Å². The lowest BCUT2D eigenvalue weighted by Crippen LogP contribution is -2.35. The molecule has 1 aromatic heterocycles. The number of hydrogen-bond acceptors (Lipinski definition) is 1. The Labute approximate surface area is 171 Å². The first kappa shape index (κ1) is 20.0. The Bertz CT molecular complexity index is 935. The number of carbonyl (C=O) groups is 1. The molecule has 0 aliphatic rings. The minimum Gasteiger partial charge on any atom is -0.345 e. The normalized spacial score (nSPS) is 10.7. The molecule has 2 aromatic carbocycles. The minimum atomic E-state index is -0.0772. The molecule has 0 aliphatic heterocycles. The Morgan fingerprint density at radius 3 is 2.68 bits per heavy atom. The maximum Gasteiger partial charge on any atom is 0.322 e. The van der Waals surface area contributed by atoms with Crippen molar-refractivity contribution in [2.45, 2.75) is 33.4 Å². The zero-order chi connectivity index (χ0) is 19.9. The molecule has 0 radical (unpaired) electrons. The number of carbonyl (C=O) groups excluding carboxylic acids is 1. The van der Waals surface area contributed by atoms with Crippen LogP contribution in [0.4, 0.5) is 10.5 Å². The van der Waals surface area contributed by atoms with Crippen molar-refractivity contribution in [1.82, 2.24) is 9.47 Å². The molecule has 0 aliphatic carbocycles. The average Bonchev–Trinajstić information content (AvgIpc) is 3.10. The highest BCUT2D eigenvalue weighted by Gasteiger charge is 2.16. The lowest BCUT2D eigenvalue weighted by atomic mass is 10.2. The van der Waals surface area contributed by atoms with E-state index < -0.39 is 0 Å². The Balaban J connectivity index is 1.73. The van der Waals surface area contributed by atoms with E-state index >= 15 is 0 Å². The zero-order valence-electron chi connectivity index (χ0n) is 16.4. The van der Waals surface area contributed by atoms with E-state index in [1.54, 1.807) is 0 Å². The standard InChI is InChI=1S/C23H26ClN3O/c1-3-13-27(23(28)25-22-12-5-4-8-18(22)2)17-21-11-7-14-26(21)16-19-9-6-10-20(24)15-19/h4-12,14-15H,3,13,16-17H2,1-2H3,(H,25,28). The summed E-state index contributed by atoms with van der Waals surface area (Å²) in [5.41, 5.74) is 4.13. The first-order valence-electron chi connectivity index (χ1n) is 9.57. The van der Waals surface area contributed by atoms with Gasteiger partial charge in [0.15, 0.2) is 0 Å². The summed E-state index contributed by atoms with van der Waals surface area (Å²) >= 11 is 6.11. The molecule has 3 aromatic rings. The van der Waals surface area contributed by atoms with Crippen LogP contribution in [-0.2, 0) is 13.1 Å². The smallest absolute Gasteiger partial charge is 0.322 e. The van der Waals surface area contributed by atoms with E-state index in [4.69, 9.17) is 11.6 Å². The van der Waals surface area contributed by atoms with Crippen LogP contribution in [0.5, 0.6) is 0 Å². The van der Waals surface area contributed by atoms with Crippen molar-refractivity contribution in [3.63, 3.8) is 0 Å². The number of para-hydroxylation sites is 1. The van der Waals surface area contributed by atoms with E-state index in [1.807, 2.05) is 66.6 Å². The van der Waals surface area contributed by atoms with Crippen molar-refractivity contribution in [2.75, 3.05) is 11.9 Å². The number of hydrogen-bond donors (Lipinski definition) is 1. The van der Waals surface area contributed by atoms with Crippen LogP contribution in [0, 0.1) is 6.92 Å². The largest absolute Gasteiger partial charge is 0.345 e. The van der Waals surface area contributed by atoms with Gasteiger partial charge in [0.1, 0.15) is 0 Å². The molecule has 0 spiro atoms. The minimum absolute atomic E-state index is 0.0772. The van der Waals surface area contributed by atoms with Crippen LogP contribution in [0.25, 0.3) is 0 Å². The van der Waals surface area contributed by atoms with Gasteiger partial charge in [-0.3, -0.25) is 0 Å². The second-order valence-electron chi connectivity index (χ2n) is 6.92. The van der Waals surface area contributed by atoms with Gasteiger partial charge in [0.05, 0.1) is 6.54 Å². The summed E-state index contributed by atoms with van der Waals surface area (Å²) in [5.74, 6) is 0. The van der Waals surface area contributed by atoms with Crippen molar-refractivity contribution in [1.29, 1.82) is 0 Å². The van der Waals surface area contributed by atoms with Crippen LogP contribution in [-0.4, -0.2) is 22.0 Å². The van der Waals surface area contributed by atoms with Gasteiger partial charge in [0, 0.05) is 35.7 Å². The summed E-state index contributed by atoms with van der Waals surface area (Å²) < 4.78 is 2.16. The number of anilines is 1. The van der Waals surface area contributed by atoms with Crippen molar-refractivity contribution in [3.05, 3.63) is 88.7 Å². The maximum atomic E-state index is 12.9. The van der Waals surface area contributed by atoms with E-state index in [1.165, 1.54) is 0 Å². The molecular weight excluding hydrogens is 370 g/mol. The van der Waals surface area contributed by atoms with Gasteiger partial charge in [-0.25, -0.2) is 4.79 Å². The van der Waals surface area contributed by atoms with E-state index in [-0.39, 0.29) is 6.03 Å². The second kappa shape index (κ2) is 9.47. The number of urea groups is 1. The number of rotatable bonds is 7. The Kier molecular flexibility index (Phi) is 6.77. The van der Waals surface area contributed by atoms with E-state index in [0.717, 1.165) is 40.5 Å². The lowest BCUT2D eigenvalue weighted by Gasteiger charge is -2.24. The van der Waals surface area contributed by atoms with Gasteiger partial charge >= 0.3 is 6.03 Å². The van der Waals surface area contributed by atoms with Crippen LogP contribution in [0.3, 0.4) is 0 Å². The monoisotopic (exact) mass is 395 g/mol. The highest BCUT2D eigenvalue weighted by molar-refractivity contribution is 6.30. The van der Waals surface area contributed by atoms with Gasteiger partial charge in [-0.2, -0.15) is 0 Å². The molecule has 1 N–H and O–H groups in total. The van der Waals surface area contributed by atoms with Gasteiger partial charge in [-0.15, -0.1) is 0 Å². The number of nitrogens with zero attached hydrogens (tertiary/aromatic N) is 2. The molecule has 0 saturated carbocycles. The van der Waals surface area contributed by atoms with Gasteiger partial charge in [0.2, 0.25) is 0 Å². The van der Waals surface area contributed by atoms with Crippen LogP contribution in [0.2, 0.25) is 5.02 Å². The third-order valence-electron chi connectivity index (χ3n) is 4.69. The van der Waals surface area contributed by atoms with Crippen molar-refractivity contribution in [2.24, 2.45) is 0 Å². The summed E-state index contributed by atoms with van der Waals surface area (Å²) in [4.78, 5) is 14.7. The summed E-state index contributed by atoms with van der Waals surface area (Å²) in [6.07, 6.45) is 2.94. The summed E-state index contributed by atoms with van der Waals surface area (Å²) in [6.45, 7) is 6.05. The Hall–Kier alpha value is -2.72. The summed E-state index contributed by atoms with van der Waals surface area (Å²) in [6, 6.07) is 19.7. The number of amides is 2. The lowest BCUT2D eigenvalue weighted by molar-refractivity contribution is 0.208. The fourth-order valence-corrected chi connectivity index (χ4v) is 3.42. The summed E-state index contributed by atoms with van der Waals surface area (Å²) in [5, 5.41) is 3.78. The zero-order valence-corrected chi connectivity index (χ0v) is 17.1. The van der Waals surface area contributed by atoms with Crippen molar-refractivity contribution in [3.8, 4) is 0 Å². The summed E-state index contributed by atoms with van der Waals surface area (Å²) in [7, 11) is 0. The predicted octanol–water partition coefficient (Wildman–Crippen LogP) is 5.94. The highest BCUT2D eigenvalue weighted by Crippen LogP contribution is 2.17. The molecule has 0 unspecified atom stereocenters. The third-order valence-corrected chi connectivity index (χ3v) is 4.92. The molecular formula is C23H26ClN3O. The molecule has 0 fully saturated rings. The van der Waals surface area contributed by atoms with Gasteiger partial charge < -0.3 is 14.8 Å². The molecule has 2 amide bonds. The number of halogens is 1. The molecule has 0 bridgehead atoms. The van der Waals surface area contributed by atoms with E-state index in [2.05, 4.69) is 28.9 Å². The highest BCUT2D eigenvalue weighted by atomic mass is 35.5. The molecule has 4 nitrogen and oxygen atoms in total. The van der Waals surface area contributed by atoms with Crippen LogP contribution in [0.15, 0.2) is 66.9 Å². The molecule has 0 atom stereocenters. The SMILES string of the molecule is CCCN(Cc1cccn1Cc1cccc(Cl)c1)C(=O)Nc1ccccc1C. The first-order chi connectivity index (χ1) is 13.6. The van der Waals surface area contributed by atoms with E-state index in [0.29, 0.717) is 13.1 Å². The van der Waals surface area contributed by atoms with Crippen LogP contribution < -0.4 is 5.32 Å². The number of benzene rings is 2. The van der Waals surface area contributed by atoms with Crippen LogP contribution >= 0.6 is 11.6 Å². The predicted molar refractivity (Wildman–Crippen MR) is 116 cm³/mol. The second-order valence-corrected chi connectivity index (χ2v) is 7.36. The topological polar surface area (TPSA) is 37.3 Å². The van der Waals surface area contributed by atoms with Crippen molar-refractivity contribution >= 4 is 23.3 Å². The van der Waals surface area contributed by atoms with Gasteiger partial charge in [0.25, 0.3) is 0 Å². The third kappa shape index (κ3) is 5.17. The average molecular weight is 396 g/mol. The number of aromatic nitrogens is 1. The Morgan fingerprint density at radius 2 is 1.93 bits per heavy atom. The first-order valence-corrected chi connectivity index (χ1v) is 9.94. The number of aryl methyl sites for hydroxylation is 1. The molecule has 28 heavy (non-hydrogen) atoms. The van der Waals surface area contributed by atoms with Crippen molar-refractivity contribution < 1.29 is 4.79 Å². The van der Waals surface area contributed by atoms with Gasteiger partial charge in [-0.05, 0) is 54.8 Å². The van der Waals surface area contributed by atoms with Gasteiger partial charge in [-0.1, -0.05) is 48.9 Å².